The van der Waals surface area contributed by atoms with Crippen LogP contribution in [-0.4, -0.2) is 74.2 Å². The van der Waals surface area contributed by atoms with Crippen LogP contribution in [0, 0.1) is 5.92 Å². The van der Waals surface area contributed by atoms with Gasteiger partial charge >= 0.3 is 11.9 Å². The number of carbonyl (C=O) groups is 2. The van der Waals surface area contributed by atoms with Crippen molar-refractivity contribution in [2.75, 3.05) is 52.5 Å². The van der Waals surface area contributed by atoms with Gasteiger partial charge in [0.25, 0.3) is 0 Å². The van der Waals surface area contributed by atoms with Gasteiger partial charge in [0.05, 0.1) is 19.1 Å². The Labute approximate surface area is 338 Å². The number of carbonyl (C=O) groups excluding carboxylic acids is 2. The molecule has 0 aromatic carbocycles. The molecule has 0 heterocycles. The van der Waals surface area contributed by atoms with E-state index in [1.165, 1.54) is 141 Å². The highest BCUT2D eigenvalue weighted by Gasteiger charge is 2.19. The number of rotatable bonds is 44. The first-order chi connectivity index (χ1) is 26.5. The standard InChI is InChI=1S/C48H96N2O4/c1-6-11-14-17-20-21-22-26-32-39-47(51)53-44-36-29-34-41-50(43-42-49(9-4)10-5)40-33-27-23-28-35-45-54-48(52)46(37-30-24-18-15-12-7-2)38-31-25-19-16-13-8-3/h46H,6-45H2,1-5H3. The van der Waals surface area contributed by atoms with Gasteiger partial charge in [-0.3, -0.25) is 9.59 Å². The molecule has 54 heavy (non-hydrogen) atoms. The van der Waals surface area contributed by atoms with Crippen molar-refractivity contribution in [3.8, 4) is 0 Å². The summed E-state index contributed by atoms with van der Waals surface area (Å²) >= 11 is 0. The zero-order valence-corrected chi connectivity index (χ0v) is 37.4. The summed E-state index contributed by atoms with van der Waals surface area (Å²) in [6.45, 7) is 19.2. The number of unbranched alkanes of at least 4 members (excludes halogenated alkanes) is 24. The van der Waals surface area contributed by atoms with Gasteiger partial charge in [-0.25, -0.2) is 0 Å². The zero-order valence-electron chi connectivity index (χ0n) is 37.4. The molecular formula is C48H96N2O4. The fourth-order valence-corrected chi connectivity index (χ4v) is 7.59. The number of likely N-dealkylation sites (N-methyl/N-ethyl adjacent to an activating group) is 1. The van der Waals surface area contributed by atoms with Gasteiger partial charge < -0.3 is 19.3 Å². The quantitative estimate of drug-likeness (QED) is 0.0455. The van der Waals surface area contributed by atoms with Crippen molar-refractivity contribution in [3.05, 3.63) is 0 Å². The maximum atomic E-state index is 13.1. The number of esters is 2. The minimum absolute atomic E-state index is 0.00635. The van der Waals surface area contributed by atoms with E-state index in [-0.39, 0.29) is 17.9 Å². The van der Waals surface area contributed by atoms with Gasteiger partial charge in [0, 0.05) is 19.5 Å². The molecule has 0 aromatic heterocycles. The first-order valence-electron chi connectivity index (χ1n) is 24.3. The molecule has 0 unspecified atom stereocenters. The van der Waals surface area contributed by atoms with E-state index < -0.39 is 0 Å². The summed E-state index contributed by atoms with van der Waals surface area (Å²) in [5.41, 5.74) is 0. The molecule has 0 saturated heterocycles. The van der Waals surface area contributed by atoms with Crippen LogP contribution >= 0.6 is 0 Å². The minimum Gasteiger partial charge on any atom is -0.466 e. The molecule has 0 fully saturated rings. The van der Waals surface area contributed by atoms with Crippen molar-refractivity contribution in [1.29, 1.82) is 0 Å². The van der Waals surface area contributed by atoms with Gasteiger partial charge in [0.1, 0.15) is 0 Å². The predicted octanol–water partition coefficient (Wildman–Crippen LogP) is 13.9. The Bertz CT molecular complexity index is 758. The average molecular weight is 765 g/mol. The highest BCUT2D eigenvalue weighted by Crippen LogP contribution is 2.21. The lowest BCUT2D eigenvalue weighted by Crippen LogP contribution is -2.36. The molecule has 0 spiro atoms. The Balaban J connectivity index is 4.26. The van der Waals surface area contributed by atoms with E-state index in [4.69, 9.17) is 9.47 Å². The van der Waals surface area contributed by atoms with E-state index >= 15 is 0 Å². The fraction of sp³-hybridized carbons (Fsp3) is 0.958. The van der Waals surface area contributed by atoms with Crippen LogP contribution in [-0.2, 0) is 19.1 Å². The van der Waals surface area contributed by atoms with Crippen molar-refractivity contribution >= 4 is 11.9 Å². The Hall–Kier alpha value is -1.14. The second-order valence-electron chi connectivity index (χ2n) is 16.5. The normalized spacial score (nSPS) is 11.7. The van der Waals surface area contributed by atoms with Crippen LogP contribution in [0.5, 0.6) is 0 Å². The Morgan fingerprint density at radius 3 is 1.24 bits per heavy atom. The lowest BCUT2D eigenvalue weighted by Gasteiger charge is -2.26. The van der Waals surface area contributed by atoms with Crippen LogP contribution in [0.4, 0.5) is 0 Å². The molecule has 0 aliphatic heterocycles. The summed E-state index contributed by atoms with van der Waals surface area (Å²) < 4.78 is 11.4. The second-order valence-corrected chi connectivity index (χ2v) is 16.5. The van der Waals surface area contributed by atoms with Crippen LogP contribution in [0.3, 0.4) is 0 Å². The second kappa shape index (κ2) is 43.0. The summed E-state index contributed by atoms with van der Waals surface area (Å²) in [6.07, 6.45) is 38.4. The summed E-state index contributed by atoms with van der Waals surface area (Å²) in [5.74, 6) is 0.176. The van der Waals surface area contributed by atoms with Gasteiger partial charge in [0.15, 0.2) is 0 Å². The summed E-state index contributed by atoms with van der Waals surface area (Å²) in [5, 5.41) is 0. The fourth-order valence-electron chi connectivity index (χ4n) is 7.59. The number of hydrogen-bond acceptors (Lipinski definition) is 6. The number of nitrogens with zero attached hydrogens (tertiary/aromatic N) is 2. The van der Waals surface area contributed by atoms with Gasteiger partial charge in [-0.2, -0.15) is 0 Å². The topological polar surface area (TPSA) is 59.1 Å². The minimum atomic E-state index is -0.00635. The third-order valence-electron chi connectivity index (χ3n) is 11.5. The highest BCUT2D eigenvalue weighted by molar-refractivity contribution is 5.72. The predicted molar refractivity (Wildman–Crippen MR) is 234 cm³/mol. The summed E-state index contributed by atoms with van der Waals surface area (Å²) in [4.78, 5) is 30.4. The number of ether oxygens (including phenoxy) is 2. The zero-order chi connectivity index (χ0) is 39.6. The van der Waals surface area contributed by atoms with E-state index in [1.807, 2.05) is 0 Å². The molecule has 322 valence electrons. The molecule has 0 amide bonds. The molecule has 0 aliphatic rings. The molecule has 0 rings (SSSR count). The van der Waals surface area contributed by atoms with Crippen molar-refractivity contribution < 1.29 is 19.1 Å². The van der Waals surface area contributed by atoms with Gasteiger partial charge in [-0.15, -0.1) is 0 Å². The molecular weight excluding hydrogens is 669 g/mol. The van der Waals surface area contributed by atoms with Crippen molar-refractivity contribution in [1.82, 2.24) is 9.80 Å². The SMILES string of the molecule is CCCCCCCCCCCC(=O)OCCCCCN(CCCCCCCOC(=O)C(CCCCCCCC)CCCCCCCC)CCN(CC)CC. The van der Waals surface area contributed by atoms with Crippen molar-refractivity contribution in [3.63, 3.8) is 0 Å². The van der Waals surface area contributed by atoms with E-state index in [9.17, 15) is 9.59 Å². The monoisotopic (exact) mass is 765 g/mol. The summed E-state index contributed by atoms with van der Waals surface area (Å²) in [7, 11) is 0. The molecule has 0 aliphatic carbocycles. The number of hydrogen-bond donors (Lipinski definition) is 0. The first-order valence-corrected chi connectivity index (χ1v) is 24.3. The third-order valence-corrected chi connectivity index (χ3v) is 11.5. The molecule has 0 N–H and O–H groups in total. The maximum Gasteiger partial charge on any atom is 0.308 e. The van der Waals surface area contributed by atoms with Gasteiger partial charge in [-0.1, -0.05) is 182 Å². The van der Waals surface area contributed by atoms with E-state index in [0.29, 0.717) is 19.6 Å². The molecule has 0 radical (unpaired) electrons. The largest absolute Gasteiger partial charge is 0.466 e. The smallest absolute Gasteiger partial charge is 0.308 e. The highest BCUT2D eigenvalue weighted by atomic mass is 16.5. The van der Waals surface area contributed by atoms with Gasteiger partial charge in [0.2, 0.25) is 0 Å². The van der Waals surface area contributed by atoms with Crippen LogP contribution in [0.1, 0.15) is 240 Å². The van der Waals surface area contributed by atoms with Gasteiger partial charge in [-0.05, 0) is 77.5 Å². The van der Waals surface area contributed by atoms with Crippen LogP contribution in [0.15, 0.2) is 0 Å². The van der Waals surface area contributed by atoms with E-state index in [2.05, 4.69) is 44.4 Å². The molecule has 0 saturated carbocycles. The van der Waals surface area contributed by atoms with E-state index in [1.54, 1.807) is 0 Å². The molecule has 0 aromatic rings. The Morgan fingerprint density at radius 1 is 0.389 bits per heavy atom. The molecule has 0 bridgehead atoms. The Kier molecular flexibility index (Phi) is 42.1. The van der Waals surface area contributed by atoms with Crippen molar-refractivity contribution in [2.24, 2.45) is 5.92 Å². The van der Waals surface area contributed by atoms with Crippen LogP contribution in [0.2, 0.25) is 0 Å². The molecule has 0 atom stereocenters. The van der Waals surface area contributed by atoms with Crippen molar-refractivity contribution in [2.45, 2.75) is 240 Å². The first kappa shape index (κ1) is 52.9. The average Bonchev–Trinajstić information content (AvgIpc) is 3.18. The molecule has 6 heteroatoms. The van der Waals surface area contributed by atoms with Crippen LogP contribution in [0.25, 0.3) is 0 Å². The van der Waals surface area contributed by atoms with E-state index in [0.717, 1.165) is 97.1 Å². The lowest BCUT2D eigenvalue weighted by atomic mass is 9.94. The lowest BCUT2D eigenvalue weighted by molar-refractivity contribution is -0.149. The third kappa shape index (κ3) is 36.5. The molecule has 6 nitrogen and oxygen atoms in total. The summed E-state index contributed by atoms with van der Waals surface area (Å²) in [6, 6.07) is 0. The Morgan fingerprint density at radius 2 is 0.759 bits per heavy atom. The van der Waals surface area contributed by atoms with Crippen LogP contribution < -0.4 is 0 Å². The maximum absolute atomic E-state index is 13.1.